The van der Waals surface area contributed by atoms with E-state index in [0.29, 0.717) is 25.5 Å². The standard InChI is InChI=1S/C21H28N6O/c1-22-21(25-17-18-7-5-6-11-23-18)24-12-10-20(28)27-15-13-26(14-16-27)19-8-3-2-4-9-19/h2-9,11H,10,12-17H2,1H3,(H2,22,24,25). The number of carbonyl (C=O) groups excluding carboxylic acids is 1. The summed E-state index contributed by atoms with van der Waals surface area (Å²) in [5, 5.41) is 6.41. The van der Waals surface area contributed by atoms with Crippen molar-refractivity contribution in [2.45, 2.75) is 13.0 Å². The number of aromatic nitrogens is 1. The minimum absolute atomic E-state index is 0.181. The van der Waals surface area contributed by atoms with Crippen LogP contribution in [-0.4, -0.2) is 61.5 Å². The number of hydrogen-bond donors (Lipinski definition) is 2. The minimum Gasteiger partial charge on any atom is -0.368 e. The number of piperazine rings is 1. The molecule has 1 aliphatic rings. The van der Waals surface area contributed by atoms with Crippen molar-refractivity contribution in [1.82, 2.24) is 20.5 Å². The Balaban J connectivity index is 1.36. The molecule has 3 rings (SSSR count). The molecule has 0 bridgehead atoms. The summed E-state index contributed by atoms with van der Waals surface area (Å²) in [6, 6.07) is 16.2. The topological polar surface area (TPSA) is 72.9 Å². The highest BCUT2D eigenvalue weighted by molar-refractivity contribution is 5.81. The van der Waals surface area contributed by atoms with Gasteiger partial charge >= 0.3 is 0 Å². The number of rotatable bonds is 6. The molecule has 7 heteroatoms. The highest BCUT2D eigenvalue weighted by atomic mass is 16.2. The Kier molecular flexibility index (Phi) is 7.23. The lowest BCUT2D eigenvalue weighted by Gasteiger charge is -2.36. The van der Waals surface area contributed by atoms with Crippen LogP contribution in [0.3, 0.4) is 0 Å². The van der Waals surface area contributed by atoms with Crippen molar-refractivity contribution in [2.24, 2.45) is 4.99 Å². The highest BCUT2D eigenvalue weighted by Crippen LogP contribution is 2.15. The van der Waals surface area contributed by atoms with Crippen LogP contribution in [0.5, 0.6) is 0 Å². The molecule has 148 valence electrons. The SMILES string of the molecule is CN=C(NCCC(=O)N1CCN(c2ccccc2)CC1)NCc1ccccn1. The van der Waals surface area contributed by atoms with Gasteiger partial charge in [0.25, 0.3) is 0 Å². The number of hydrogen-bond acceptors (Lipinski definition) is 4. The van der Waals surface area contributed by atoms with E-state index in [2.05, 4.69) is 37.6 Å². The van der Waals surface area contributed by atoms with Crippen LogP contribution in [0.25, 0.3) is 0 Å². The number of amides is 1. The summed E-state index contributed by atoms with van der Waals surface area (Å²) < 4.78 is 0. The van der Waals surface area contributed by atoms with Crippen LogP contribution in [-0.2, 0) is 11.3 Å². The fraction of sp³-hybridized carbons (Fsp3) is 0.381. The Morgan fingerprint density at radius 2 is 1.79 bits per heavy atom. The first-order valence-electron chi connectivity index (χ1n) is 9.68. The summed E-state index contributed by atoms with van der Waals surface area (Å²) in [6.45, 7) is 4.42. The Hall–Kier alpha value is -3.09. The molecule has 0 radical (unpaired) electrons. The maximum absolute atomic E-state index is 12.5. The number of nitrogens with zero attached hydrogens (tertiary/aromatic N) is 4. The third kappa shape index (κ3) is 5.70. The van der Waals surface area contributed by atoms with Gasteiger partial charge in [0.2, 0.25) is 5.91 Å². The number of benzene rings is 1. The molecular formula is C21H28N6O. The molecule has 2 N–H and O–H groups in total. The van der Waals surface area contributed by atoms with Crippen LogP contribution >= 0.6 is 0 Å². The van der Waals surface area contributed by atoms with Gasteiger partial charge in [0.05, 0.1) is 12.2 Å². The van der Waals surface area contributed by atoms with Gasteiger partial charge < -0.3 is 20.4 Å². The third-order valence-electron chi connectivity index (χ3n) is 4.77. The molecule has 2 aromatic rings. The van der Waals surface area contributed by atoms with Gasteiger partial charge in [-0.15, -0.1) is 0 Å². The van der Waals surface area contributed by atoms with Crippen molar-refractivity contribution in [3.8, 4) is 0 Å². The zero-order chi connectivity index (χ0) is 19.6. The predicted molar refractivity (Wildman–Crippen MR) is 112 cm³/mol. The molecule has 1 fully saturated rings. The molecule has 0 atom stereocenters. The first-order chi connectivity index (χ1) is 13.8. The van der Waals surface area contributed by atoms with Crippen LogP contribution in [0, 0.1) is 0 Å². The van der Waals surface area contributed by atoms with Crippen LogP contribution in [0.15, 0.2) is 59.7 Å². The van der Waals surface area contributed by atoms with Gasteiger partial charge in [0.1, 0.15) is 0 Å². The number of nitrogens with one attached hydrogen (secondary N) is 2. The van der Waals surface area contributed by atoms with E-state index in [0.717, 1.165) is 31.9 Å². The van der Waals surface area contributed by atoms with Crippen LogP contribution < -0.4 is 15.5 Å². The quantitative estimate of drug-likeness (QED) is 0.587. The highest BCUT2D eigenvalue weighted by Gasteiger charge is 2.20. The Labute approximate surface area is 166 Å². The first-order valence-corrected chi connectivity index (χ1v) is 9.68. The van der Waals surface area contributed by atoms with Gasteiger partial charge in [-0.3, -0.25) is 14.8 Å². The molecule has 1 amide bonds. The fourth-order valence-corrected chi connectivity index (χ4v) is 3.20. The number of carbonyl (C=O) groups is 1. The smallest absolute Gasteiger partial charge is 0.224 e. The first kappa shape index (κ1) is 19.7. The van der Waals surface area contributed by atoms with E-state index in [1.807, 2.05) is 41.3 Å². The number of aliphatic imine (C=N–C) groups is 1. The zero-order valence-electron chi connectivity index (χ0n) is 16.3. The van der Waals surface area contributed by atoms with Crippen molar-refractivity contribution < 1.29 is 4.79 Å². The van der Waals surface area contributed by atoms with Gasteiger partial charge in [0, 0.05) is 58.1 Å². The molecule has 7 nitrogen and oxygen atoms in total. The third-order valence-corrected chi connectivity index (χ3v) is 4.77. The van der Waals surface area contributed by atoms with Gasteiger partial charge in [-0.1, -0.05) is 24.3 Å². The lowest BCUT2D eigenvalue weighted by Crippen LogP contribution is -2.49. The molecule has 0 spiro atoms. The lowest BCUT2D eigenvalue weighted by atomic mass is 10.2. The average molecular weight is 380 g/mol. The van der Waals surface area contributed by atoms with Gasteiger partial charge in [-0.05, 0) is 24.3 Å². The summed E-state index contributed by atoms with van der Waals surface area (Å²) >= 11 is 0. The summed E-state index contributed by atoms with van der Waals surface area (Å²) in [4.78, 5) is 25.2. The Morgan fingerprint density at radius 1 is 1.04 bits per heavy atom. The Morgan fingerprint density at radius 3 is 2.46 bits per heavy atom. The predicted octanol–water partition coefficient (Wildman–Crippen LogP) is 1.49. The van der Waals surface area contributed by atoms with E-state index in [9.17, 15) is 4.79 Å². The number of para-hydroxylation sites is 1. The van der Waals surface area contributed by atoms with E-state index in [1.54, 1.807) is 13.2 Å². The molecule has 1 aliphatic heterocycles. The van der Waals surface area contributed by atoms with Crippen molar-refractivity contribution >= 4 is 17.6 Å². The van der Waals surface area contributed by atoms with E-state index in [1.165, 1.54) is 5.69 Å². The van der Waals surface area contributed by atoms with Crippen molar-refractivity contribution in [3.05, 3.63) is 60.4 Å². The van der Waals surface area contributed by atoms with E-state index in [-0.39, 0.29) is 5.91 Å². The molecule has 0 saturated carbocycles. The van der Waals surface area contributed by atoms with Crippen molar-refractivity contribution in [3.63, 3.8) is 0 Å². The van der Waals surface area contributed by atoms with Crippen molar-refractivity contribution in [1.29, 1.82) is 0 Å². The molecule has 1 aromatic carbocycles. The maximum atomic E-state index is 12.5. The summed E-state index contributed by atoms with van der Waals surface area (Å²) in [5.41, 5.74) is 2.16. The second-order valence-electron chi connectivity index (χ2n) is 6.63. The van der Waals surface area contributed by atoms with Crippen LogP contribution in [0.1, 0.15) is 12.1 Å². The molecule has 2 heterocycles. The van der Waals surface area contributed by atoms with Crippen LogP contribution in [0.4, 0.5) is 5.69 Å². The van der Waals surface area contributed by atoms with Crippen molar-refractivity contribution in [2.75, 3.05) is 44.7 Å². The maximum Gasteiger partial charge on any atom is 0.224 e. The van der Waals surface area contributed by atoms with E-state index in [4.69, 9.17) is 0 Å². The van der Waals surface area contributed by atoms with Gasteiger partial charge in [-0.2, -0.15) is 0 Å². The van der Waals surface area contributed by atoms with Gasteiger partial charge in [0.15, 0.2) is 5.96 Å². The average Bonchev–Trinajstić information content (AvgIpc) is 2.77. The molecule has 28 heavy (non-hydrogen) atoms. The lowest BCUT2D eigenvalue weighted by molar-refractivity contribution is -0.131. The monoisotopic (exact) mass is 380 g/mol. The minimum atomic E-state index is 0.181. The van der Waals surface area contributed by atoms with Crippen LogP contribution in [0.2, 0.25) is 0 Å². The number of guanidine groups is 1. The molecule has 1 aromatic heterocycles. The second kappa shape index (κ2) is 10.3. The summed E-state index contributed by atoms with van der Waals surface area (Å²) in [6.07, 6.45) is 2.22. The normalized spacial score (nSPS) is 14.7. The molecule has 0 unspecified atom stereocenters. The number of pyridine rings is 1. The molecular weight excluding hydrogens is 352 g/mol. The molecule has 0 aliphatic carbocycles. The fourth-order valence-electron chi connectivity index (χ4n) is 3.20. The van der Waals surface area contributed by atoms with Gasteiger partial charge in [-0.25, -0.2) is 0 Å². The van der Waals surface area contributed by atoms with E-state index < -0.39 is 0 Å². The number of anilines is 1. The van der Waals surface area contributed by atoms with E-state index >= 15 is 0 Å². The zero-order valence-corrected chi connectivity index (χ0v) is 16.3. The largest absolute Gasteiger partial charge is 0.368 e. The summed E-state index contributed by atoms with van der Waals surface area (Å²) in [7, 11) is 1.72. The summed E-state index contributed by atoms with van der Waals surface area (Å²) in [5.74, 6) is 0.854. The Bertz CT molecular complexity index is 757. The molecule has 1 saturated heterocycles. The second-order valence-corrected chi connectivity index (χ2v) is 6.63.